The molecule has 1 unspecified atom stereocenters. The number of morpholine rings is 1. The Bertz CT molecular complexity index is 622. The van der Waals surface area contributed by atoms with Gasteiger partial charge in [-0.25, -0.2) is 0 Å². The van der Waals surface area contributed by atoms with Gasteiger partial charge in [-0.1, -0.05) is 13.8 Å². The van der Waals surface area contributed by atoms with Crippen LogP contribution in [0.1, 0.15) is 30.8 Å². The Labute approximate surface area is 169 Å². The number of nitrogens with zero attached hydrogens (tertiary/aromatic N) is 4. The van der Waals surface area contributed by atoms with E-state index < -0.39 is 0 Å². The Morgan fingerprint density at radius 3 is 2.57 bits per heavy atom. The highest BCUT2D eigenvalue weighted by Crippen LogP contribution is 2.14. The van der Waals surface area contributed by atoms with Gasteiger partial charge < -0.3 is 20.1 Å². The summed E-state index contributed by atoms with van der Waals surface area (Å²) in [5, 5.41) is 11.6. The zero-order chi connectivity index (χ0) is 20.5. The highest BCUT2D eigenvalue weighted by Gasteiger charge is 2.24. The molecule has 0 aromatic carbocycles. The molecule has 1 aromatic rings. The van der Waals surface area contributed by atoms with Crippen molar-refractivity contribution in [1.82, 2.24) is 25.3 Å². The molecule has 0 aliphatic carbocycles. The number of hydrogen-bond donors (Lipinski definition) is 2. The molecule has 1 saturated heterocycles. The van der Waals surface area contributed by atoms with Crippen molar-refractivity contribution in [2.24, 2.45) is 10.9 Å². The summed E-state index contributed by atoms with van der Waals surface area (Å²) in [5.74, 6) is 1.38. The van der Waals surface area contributed by atoms with Gasteiger partial charge in [-0.05, 0) is 19.8 Å². The Morgan fingerprint density at radius 1 is 1.25 bits per heavy atom. The van der Waals surface area contributed by atoms with Crippen LogP contribution < -0.4 is 10.6 Å². The largest absolute Gasteiger partial charge is 0.383 e. The summed E-state index contributed by atoms with van der Waals surface area (Å²) in [6, 6.07) is 0.461. The molecule has 2 heterocycles. The highest BCUT2D eigenvalue weighted by atomic mass is 16.5. The Kier molecular flexibility index (Phi) is 9.21. The van der Waals surface area contributed by atoms with Crippen LogP contribution in [0.3, 0.4) is 0 Å². The summed E-state index contributed by atoms with van der Waals surface area (Å²) in [7, 11) is 3.53. The zero-order valence-corrected chi connectivity index (χ0v) is 18.4. The van der Waals surface area contributed by atoms with E-state index in [1.165, 1.54) is 11.3 Å². The van der Waals surface area contributed by atoms with Crippen molar-refractivity contribution in [1.29, 1.82) is 0 Å². The first-order chi connectivity index (χ1) is 13.5. The minimum Gasteiger partial charge on any atom is -0.383 e. The molecule has 0 saturated carbocycles. The van der Waals surface area contributed by atoms with Gasteiger partial charge in [0.05, 0.1) is 32.1 Å². The second-order valence-electron chi connectivity index (χ2n) is 7.63. The van der Waals surface area contributed by atoms with E-state index in [1.54, 1.807) is 7.11 Å². The fourth-order valence-electron chi connectivity index (χ4n) is 3.67. The third kappa shape index (κ3) is 6.18. The molecule has 2 N–H and O–H groups in total. The van der Waals surface area contributed by atoms with Crippen LogP contribution in [0.4, 0.5) is 0 Å². The molecule has 8 heteroatoms. The number of rotatable bonds is 9. The maximum atomic E-state index is 5.50. The average molecular weight is 395 g/mol. The Hall–Kier alpha value is -1.64. The highest BCUT2D eigenvalue weighted by molar-refractivity contribution is 5.79. The third-order valence-electron chi connectivity index (χ3n) is 5.46. The van der Waals surface area contributed by atoms with E-state index >= 15 is 0 Å². The quantitative estimate of drug-likeness (QED) is 0.484. The van der Waals surface area contributed by atoms with Crippen LogP contribution in [-0.2, 0) is 22.6 Å². The van der Waals surface area contributed by atoms with Crippen molar-refractivity contribution in [2.75, 3.05) is 53.6 Å². The number of methoxy groups -OCH3 is 1. The van der Waals surface area contributed by atoms with E-state index in [0.717, 1.165) is 51.0 Å². The maximum Gasteiger partial charge on any atom is 0.191 e. The molecule has 1 fully saturated rings. The number of guanidine groups is 1. The molecule has 2 rings (SSSR count). The van der Waals surface area contributed by atoms with E-state index in [1.807, 2.05) is 11.7 Å². The van der Waals surface area contributed by atoms with Gasteiger partial charge in [0.25, 0.3) is 0 Å². The second kappa shape index (κ2) is 11.4. The lowest BCUT2D eigenvalue weighted by Crippen LogP contribution is -2.52. The van der Waals surface area contributed by atoms with Crippen LogP contribution in [0.2, 0.25) is 0 Å². The molecule has 0 spiro atoms. The smallest absolute Gasteiger partial charge is 0.191 e. The SMILES string of the molecule is CN=C(NCc1c(C)nn(CCOC)c1C)NCC(C(C)C)N1CCOCC1. The van der Waals surface area contributed by atoms with Crippen LogP contribution in [0.15, 0.2) is 4.99 Å². The van der Waals surface area contributed by atoms with Crippen molar-refractivity contribution in [2.45, 2.75) is 46.8 Å². The first-order valence-corrected chi connectivity index (χ1v) is 10.3. The average Bonchev–Trinajstić information content (AvgIpc) is 2.96. The topological polar surface area (TPSA) is 75.9 Å². The third-order valence-corrected chi connectivity index (χ3v) is 5.46. The first kappa shape index (κ1) is 22.6. The van der Waals surface area contributed by atoms with Crippen molar-refractivity contribution < 1.29 is 9.47 Å². The van der Waals surface area contributed by atoms with Gasteiger partial charge >= 0.3 is 0 Å². The number of aromatic nitrogens is 2. The molecule has 0 bridgehead atoms. The summed E-state index contributed by atoms with van der Waals surface area (Å²) in [6.07, 6.45) is 0. The molecule has 0 amide bonds. The van der Waals surface area contributed by atoms with Crippen molar-refractivity contribution >= 4 is 5.96 Å². The molecule has 1 aromatic heterocycles. The van der Waals surface area contributed by atoms with E-state index in [4.69, 9.17) is 9.47 Å². The summed E-state index contributed by atoms with van der Waals surface area (Å²) >= 11 is 0. The minimum atomic E-state index is 0.461. The van der Waals surface area contributed by atoms with E-state index in [0.29, 0.717) is 25.1 Å². The van der Waals surface area contributed by atoms with Gasteiger partial charge in [0, 0.05) is 57.6 Å². The number of ether oxygens (including phenoxy) is 2. The molecular weight excluding hydrogens is 356 g/mol. The number of aliphatic imine (C=N–C) groups is 1. The van der Waals surface area contributed by atoms with Crippen molar-refractivity contribution in [3.05, 3.63) is 17.0 Å². The number of hydrogen-bond acceptors (Lipinski definition) is 5. The molecule has 0 radical (unpaired) electrons. The van der Waals surface area contributed by atoms with Gasteiger partial charge in [-0.15, -0.1) is 0 Å². The zero-order valence-electron chi connectivity index (χ0n) is 18.4. The monoisotopic (exact) mass is 394 g/mol. The van der Waals surface area contributed by atoms with Gasteiger partial charge in [-0.3, -0.25) is 14.6 Å². The van der Waals surface area contributed by atoms with Crippen LogP contribution in [0.25, 0.3) is 0 Å². The molecular formula is C20H38N6O2. The van der Waals surface area contributed by atoms with Gasteiger partial charge in [0.15, 0.2) is 5.96 Å². The number of nitrogens with one attached hydrogen (secondary N) is 2. The maximum absolute atomic E-state index is 5.50. The number of aryl methyl sites for hydroxylation is 1. The molecule has 28 heavy (non-hydrogen) atoms. The molecule has 160 valence electrons. The van der Waals surface area contributed by atoms with E-state index in [9.17, 15) is 0 Å². The fraction of sp³-hybridized carbons (Fsp3) is 0.800. The van der Waals surface area contributed by atoms with Crippen molar-refractivity contribution in [3.8, 4) is 0 Å². The van der Waals surface area contributed by atoms with Gasteiger partial charge in [0.2, 0.25) is 0 Å². The fourth-order valence-corrected chi connectivity index (χ4v) is 3.67. The summed E-state index contributed by atoms with van der Waals surface area (Å²) in [6.45, 7) is 15.3. The Morgan fingerprint density at radius 2 is 1.96 bits per heavy atom. The summed E-state index contributed by atoms with van der Waals surface area (Å²) < 4.78 is 12.7. The molecule has 8 nitrogen and oxygen atoms in total. The lowest BCUT2D eigenvalue weighted by Gasteiger charge is -2.37. The predicted molar refractivity (Wildman–Crippen MR) is 113 cm³/mol. The minimum absolute atomic E-state index is 0.461. The van der Waals surface area contributed by atoms with Crippen LogP contribution in [0.5, 0.6) is 0 Å². The molecule has 1 aliphatic heterocycles. The van der Waals surface area contributed by atoms with Crippen molar-refractivity contribution in [3.63, 3.8) is 0 Å². The lowest BCUT2D eigenvalue weighted by molar-refractivity contribution is 0.00752. The van der Waals surface area contributed by atoms with Crippen LogP contribution in [-0.4, -0.2) is 80.3 Å². The lowest BCUT2D eigenvalue weighted by atomic mass is 10.0. The Balaban J connectivity index is 1.91. The van der Waals surface area contributed by atoms with Gasteiger partial charge in [0.1, 0.15) is 0 Å². The standard InChI is InChI=1S/C20H38N6O2/c1-15(2)19(25-7-11-28-12-8-25)14-23-20(21-5)22-13-18-16(3)24-26(17(18)4)9-10-27-6/h15,19H,7-14H2,1-6H3,(H2,21,22,23). The van der Waals surface area contributed by atoms with E-state index in [-0.39, 0.29) is 0 Å². The summed E-state index contributed by atoms with van der Waals surface area (Å²) in [4.78, 5) is 6.92. The normalized spacial score (nSPS) is 17.2. The molecule has 1 aliphatic rings. The van der Waals surface area contributed by atoms with Gasteiger partial charge in [-0.2, -0.15) is 5.10 Å². The van der Waals surface area contributed by atoms with E-state index in [2.05, 4.69) is 53.3 Å². The first-order valence-electron chi connectivity index (χ1n) is 10.3. The van der Waals surface area contributed by atoms with Crippen LogP contribution >= 0.6 is 0 Å². The molecule has 1 atom stereocenters. The summed E-state index contributed by atoms with van der Waals surface area (Å²) in [5.41, 5.74) is 3.43. The van der Waals surface area contributed by atoms with Crippen LogP contribution in [0, 0.1) is 19.8 Å². The predicted octanol–water partition coefficient (Wildman–Crippen LogP) is 1.17. The second-order valence-corrected chi connectivity index (χ2v) is 7.63.